The van der Waals surface area contributed by atoms with Gasteiger partial charge in [-0.25, -0.2) is 0 Å². The van der Waals surface area contributed by atoms with Gasteiger partial charge in [-0.05, 0) is 30.4 Å². The number of benzene rings is 2. The average molecular weight is 311 g/mol. The van der Waals surface area contributed by atoms with Gasteiger partial charge in [-0.3, -0.25) is 0 Å². The Morgan fingerprint density at radius 3 is 1.73 bits per heavy atom. The average Bonchev–Trinajstić information content (AvgIpc) is 2.62. The minimum absolute atomic E-state index is 0.615. The molecule has 0 unspecified atom stereocenters. The van der Waals surface area contributed by atoms with E-state index in [9.17, 15) is 5.11 Å². The third-order valence-electron chi connectivity index (χ3n) is 4.34. The second kappa shape index (κ2) is 6.59. The zero-order valence-electron chi connectivity index (χ0n) is 12.6. The Morgan fingerprint density at radius 1 is 0.818 bits per heavy atom. The predicted octanol–water partition coefficient (Wildman–Crippen LogP) is 3.74. The maximum atomic E-state index is 11.6. The summed E-state index contributed by atoms with van der Waals surface area (Å²) in [5.74, 6) is 0. The van der Waals surface area contributed by atoms with Crippen molar-refractivity contribution in [3.05, 3.63) is 71.8 Å². The topological polar surface area (TPSA) is 23.5 Å². The minimum atomic E-state index is -1.24. The van der Waals surface area contributed by atoms with Crippen molar-refractivity contribution in [1.82, 2.24) is 4.90 Å². The van der Waals surface area contributed by atoms with Gasteiger partial charge in [0.05, 0.1) is 0 Å². The first-order chi connectivity index (χ1) is 10.7. The lowest BCUT2D eigenvalue weighted by Gasteiger charge is -2.38. The summed E-state index contributed by atoms with van der Waals surface area (Å²) in [7, 11) is 0. The maximum absolute atomic E-state index is 11.6. The maximum Gasteiger partial charge on any atom is 0.165 e. The molecule has 0 bridgehead atoms. The molecule has 114 valence electrons. The highest BCUT2D eigenvalue weighted by molar-refractivity contribution is 7.80. The zero-order valence-corrected chi connectivity index (χ0v) is 13.4. The number of nitrogens with zero attached hydrogens (tertiary/aromatic N) is 1. The lowest BCUT2D eigenvalue weighted by molar-refractivity contribution is 0.138. The molecule has 1 N–H and O–H groups in total. The van der Waals surface area contributed by atoms with Gasteiger partial charge in [-0.2, -0.15) is 0 Å². The van der Waals surface area contributed by atoms with Crippen LogP contribution in [0.4, 0.5) is 0 Å². The van der Waals surface area contributed by atoms with Gasteiger partial charge in [0.25, 0.3) is 0 Å². The van der Waals surface area contributed by atoms with Crippen LogP contribution in [0.5, 0.6) is 0 Å². The number of hydrogen-bond donors (Lipinski definition) is 1. The van der Waals surface area contributed by atoms with Gasteiger partial charge >= 0.3 is 0 Å². The van der Waals surface area contributed by atoms with Gasteiger partial charge in [0.15, 0.2) is 5.60 Å². The molecule has 1 aliphatic rings. The first-order valence-electron chi connectivity index (χ1n) is 7.86. The fourth-order valence-electron chi connectivity index (χ4n) is 3.10. The highest BCUT2D eigenvalue weighted by Gasteiger charge is 2.39. The van der Waals surface area contributed by atoms with Crippen LogP contribution in [0, 0.1) is 0 Å². The van der Waals surface area contributed by atoms with Crippen LogP contribution >= 0.6 is 12.2 Å². The van der Waals surface area contributed by atoms with Crippen molar-refractivity contribution >= 4 is 17.2 Å². The van der Waals surface area contributed by atoms with E-state index in [1.54, 1.807) is 0 Å². The normalized spacial score (nSPS) is 15.6. The lowest BCUT2D eigenvalue weighted by Crippen LogP contribution is -2.48. The van der Waals surface area contributed by atoms with Crippen molar-refractivity contribution in [3.8, 4) is 0 Å². The van der Waals surface area contributed by atoms with Gasteiger partial charge in [-0.15, -0.1) is 0 Å². The summed E-state index contributed by atoms with van der Waals surface area (Å²) >= 11 is 5.75. The lowest BCUT2D eigenvalue weighted by atomic mass is 9.85. The van der Waals surface area contributed by atoms with Gasteiger partial charge in [0, 0.05) is 13.1 Å². The molecule has 2 aromatic rings. The molecular weight excluding hydrogens is 290 g/mol. The number of hydrogen-bond acceptors (Lipinski definition) is 2. The van der Waals surface area contributed by atoms with Crippen molar-refractivity contribution in [2.24, 2.45) is 0 Å². The molecule has 0 aliphatic carbocycles. The molecule has 0 radical (unpaired) electrons. The van der Waals surface area contributed by atoms with Crippen LogP contribution < -0.4 is 0 Å². The van der Waals surface area contributed by atoms with Crippen molar-refractivity contribution in [2.75, 3.05) is 13.1 Å². The first kappa shape index (κ1) is 15.2. The smallest absolute Gasteiger partial charge is 0.165 e. The molecule has 3 rings (SSSR count). The van der Waals surface area contributed by atoms with Gasteiger partial charge in [0.1, 0.15) is 4.99 Å². The molecule has 0 spiro atoms. The highest BCUT2D eigenvalue weighted by Crippen LogP contribution is 2.33. The molecule has 0 aromatic heterocycles. The van der Waals surface area contributed by atoms with Crippen molar-refractivity contribution in [1.29, 1.82) is 0 Å². The second-order valence-electron chi connectivity index (χ2n) is 5.80. The van der Waals surface area contributed by atoms with E-state index in [2.05, 4.69) is 4.90 Å². The van der Waals surface area contributed by atoms with Crippen LogP contribution in [0.15, 0.2) is 60.7 Å². The van der Waals surface area contributed by atoms with E-state index in [4.69, 9.17) is 12.2 Å². The van der Waals surface area contributed by atoms with E-state index in [0.29, 0.717) is 4.99 Å². The Morgan fingerprint density at radius 2 is 1.27 bits per heavy atom. The van der Waals surface area contributed by atoms with Crippen LogP contribution in [-0.4, -0.2) is 28.1 Å². The highest BCUT2D eigenvalue weighted by atomic mass is 32.1. The standard InChI is InChI=1S/C19H21NOS/c21-19(16-10-4-1-5-11-16,17-12-6-2-7-13-17)18(22)20-14-8-3-9-15-20/h1-2,4-7,10-13,21H,3,8-9,14-15H2. The predicted molar refractivity (Wildman–Crippen MR) is 93.9 cm³/mol. The van der Waals surface area contributed by atoms with Gasteiger partial charge in [0.2, 0.25) is 0 Å². The van der Waals surface area contributed by atoms with E-state index >= 15 is 0 Å². The largest absolute Gasteiger partial charge is 0.374 e. The van der Waals surface area contributed by atoms with E-state index < -0.39 is 5.60 Å². The molecule has 1 aliphatic heterocycles. The molecule has 0 atom stereocenters. The van der Waals surface area contributed by atoms with Gasteiger partial charge in [-0.1, -0.05) is 72.9 Å². The minimum Gasteiger partial charge on any atom is -0.374 e. The summed E-state index contributed by atoms with van der Waals surface area (Å²) in [6.45, 7) is 1.86. The SMILES string of the molecule is OC(C(=S)N1CCCCC1)(c1ccccc1)c1ccccc1. The van der Waals surface area contributed by atoms with Crippen LogP contribution in [-0.2, 0) is 5.60 Å². The van der Waals surface area contributed by atoms with E-state index in [-0.39, 0.29) is 0 Å². The number of rotatable bonds is 3. The molecule has 3 heteroatoms. The summed E-state index contributed by atoms with van der Waals surface area (Å²) in [5, 5.41) is 11.6. The molecular formula is C19H21NOS. The molecule has 22 heavy (non-hydrogen) atoms. The Bertz CT molecular complexity index is 581. The Balaban J connectivity index is 2.05. The molecule has 1 fully saturated rings. The van der Waals surface area contributed by atoms with E-state index in [0.717, 1.165) is 37.1 Å². The number of aliphatic hydroxyl groups is 1. The van der Waals surface area contributed by atoms with E-state index in [1.807, 2.05) is 60.7 Å². The molecule has 2 aromatic carbocycles. The fraction of sp³-hybridized carbons (Fsp3) is 0.316. The summed E-state index contributed by atoms with van der Waals surface area (Å²) in [6.07, 6.45) is 3.52. The van der Waals surface area contributed by atoms with Crippen molar-refractivity contribution < 1.29 is 5.11 Å². The van der Waals surface area contributed by atoms with E-state index in [1.165, 1.54) is 6.42 Å². The summed E-state index contributed by atoms with van der Waals surface area (Å²) in [4.78, 5) is 2.78. The number of piperidine rings is 1. The van der Waals surface area contributed by atoms with Crippen LogP contribution in [0.1, 0.15) is 30.4 Å². The second-order valence-corrected chi connectivity index (χ2v) is 6.18. The zero-order chi connectivity index (χ0) is 15.4. The fourth-order valence-corrected chi connectivity index (χ4v) is 3.52. The number of likely N-dealkylation sites (tertiary alicyclic amines) is 1. The molecule has 0 saturated carbocycles. The summed E-state index contributed by atoms with van der Waals surface area (Å²) < 4.78 is 0. The molecule has 2 nitrogen and oxygen atoms in total. The molecule has 1 saturated heterocycles. The molecule has 0 amide bonds. The van der Waals surface area contributed by atoms with Crippen LogP contribution in [0.25, 0.3) is 0 Å². The Hall–Kier alpha value is -1.71. The monoisotopic (exact) mass is 311 g/mol. The van der Waals surface area contributed by atoms with Gasteiger partial charge < -0.3 is 10.0 Å². The third kappa shape index (κ3) is 2.79. The molecule has 1 heterocycles. The van der Waals surface area contributed by atoms with Crippen molar-refractivity contribution in [3.63, 3.8) is 0 Å². The Labute approximate surface area is 137 Å². The quantitative estimate of drug-likeness (QED) is 0.874. The van der Waals surface area contributed by atoms with Crippen LogP contribution in [0.2, 0.25) is 0 Å². The first-order valence-corrected chi connectivity index (χ1v) is 8.26. The van der Waals surface area contributed by atoms with Crippen LogP contribution in [0.3, 0.4) is 0 Å². The summed E-state index contributed by atoms with van der Waals surface area (Å²) in [5.41, 5.74) is 0.420. The Kier molecular flexibility index (Phi) is 4.55. The van der Waals surface area contributed by atoms with Crippen molar-refractivity contribution in [2.45, 2.75) is 24.9 Å². The number of thiocarbonyl (C=S) groups is 1. The summed E-state index contributed by atoms with van der Waals surface area (Å²) in [6, 6.07) is 19.5. The third-order valence-corrected chi connectivity index (χ3v) is 4.89.